The van der Waals surface area contributed by atoms with Crippen molar-refractivity contribution in [2.24, 2.45) is 5.92 Å². The summed E-state index contributed by atoms with van der Waals surface area (Å²) in [6, 6.07) is 10.8. The third kappa shape index (κ3) is 7.45. The molecule has 0 saturated carbocycles. The summed E-state index contributed by atoms with van der Waals surface area (Å²) < 4.78 is 52.3. The number of benzene rings is 2. The topological polar surface area (TPSA) is 78.1 Å². The van der Waals surface area contributed by atoms with Crippen LogP contribution >= 0.6 is 0 Å². The van der Waals surface area contributed by atoms with Gasteiger partial charge in [0.2, 0.25) is 11.8 Å². The largest absolute Gasteiger partial charge is 0.493 e. The fraction of sp³-hybridized carbons (Fsp3) is 0.543. The Balaban J connectivity index is 1.28. The highest BCUT2D eigenvalue weighted by Gasteiger charge is 2.33. The van der Waals surface area contributed by atoms with Crippen molar-refractivity contribution in [2.75, 3.05) is 60.0 Å². The number of aromatic amines is 1. The van der Waals surface area contributed by atoms with E-state index in [2.05, 4.69) is 9.88 Å². The van der Waals surface area contributed by atoms with Crippen LogP contribution in [0.15, 0.2) is 36.4 Å². The average molecular weight is 643 g/mol. The van der Waals surface area contributed by atoms with Gasteiger partial charge in [-0.2, -0.15) is 13.2 Å². The molecule has 3 aromatic rings. The van der Waals surface area contributed by atoms with Crippen LogP contribution in [0.3, 0.4) is 0 Å². The Bertz CT molecular complexity index is 1530. The number of likely N-dealkylation sites (tertiary alicyclic amines) is 2. The summed E-state index contributed by atoms with van der Waals surface area (Å²) in [5, 5.41) is 0.553. The molecule has 2 aliphatic heterocycles. The number of ether oxygens (including phenoxy) is 2. The van der Waals surface area contributed by atoms with Crippen molar-refractivity contribution < 1.29 is 32.2 Å². The Kier molecular flexibility index (Phi) is 10.5. The van der Waals surface area contributed by atoms with E-state index in [0.29, 0.717) is 72.9 Å². The lowest BCUT2D eigenvalue weighted by molar-refractivity contribution is -0.139. The van der Waals surface area contributed by atoms with Crippen LogP contribution in [0.2, 0.25) is 0 Å². The molecule has 1 N–H and O–H groups in total. The van der Waals surface area contributed by atoms with Gasteiger partial charge in [-0.15, -0.1) is 0 Å². The number of nitrogens with one attached hydrogen (secondary N) is 1. The van der Waals surface area contributed by atoms with Crippen molar-refractivity contribution in [2.45, 2.75) is 58.0 Å². The molecule has 0 bridgehead atoms. The summed E-state index contributed by atoms with van der Waals surface area (Å²) in [5.41, 5.74) is 2.81. The second-order valence-electron chi connectivity index (χ2n) is 12.4. The van der Waals surface area contributed by atoms with Crippen LogP contribution in [0, 0.1) is 5.92 Å². The Hall–Kier alpha value is -3.73. The van der Waals surface area contributed by atoms with E-state index < -0.39 is 12.6 Å². The van der Waals surface area contributed by atoms with Gasteiger partial charge in [-0.1, -0.05) is 6.07 Å². The van der Waals surface area contributed by atoms with Crippen molar-refractivity contribution in [1.82, 2.24) is 19.7 Å². The van der Waals surface area contributed by atoms with E-state index in [9.17, 15) is 22.8 Å². The maximum atomic E-state index is 13.9. The van der Waals surface area contributed by atoms with Crippen LogP contribution in [0.5, 0.6) is 11.5 Å². The number of alkyl halides is 3. The number of piperidine rings is 2. The van der Waals surface area contributed by atoms with Gasteiger partial charge in [0.15, 0.2) is 11.5 Å². The minimum atomic E-state index is -4.39. The van der Waals surface area contributed by atoms with Crippen LogP contribution in [0.4, 0.5) is 13.2 Å². The van der Waals surface area contributed by atoms with E-state index in [1.807, 2.05) is 41.8 Å². The number of carbonyl (C=O) groups is 2. The molecule has 2 amide bonds. The number of methoxy groups -OCH3 is 2. The van der Waals surface area contributed by atoms with Crippen LogP contribution < -0.4 is 9.47 Å². The molecule has 46 heavy (non-hydrogen) atoms. The van der Waals surface area contributed by atoms with Gasteiger partial charge in [0.25, 0.3) is 0 Å². The van der Waals surface area contributed by atoms with Gasteiger partial charge in [0, 0.05) is 49.2 Å². The molecule has 8 nitrogen and oxygen atoms in total. The molecular formula is C35H45F3N4O4. The van der Waals surface area contributed by atoms with Crippen molar-refractivity contribution in [3.05, 3.63) is 47.5 Å². The van der Waals surface area contributed by atoms with Crippen LogP contribution in [0.25, 0.3) is 22.2 Å². The van der Waals surface area contributed by atoms with Crippen molar-refractivity contribution in [3.8, 4) is 22.8 Å². The lowest BCUT2D eigenvalue weighted by Crippen LogP contribution is -2.49. The number of rotatable bonds is 10. The second-order valence-corrected chi connectivity index (χ2v) is 12.4. The lowest BCUT2D eigenvalue weighted by atomic mass is 9.88. The average Bonchev–Trinajstić information content (AvgIpc) is 3.41. The third-order valence-corrected chi connectivity index (χ3v) is 9.59. The molecule has 2 aliphatic rings. The molecule has 2 aromatic carbocycles. The Morgan fingerprint density at radius 1 is 0.957 bits per heavy atom. The molecule has 5 rings (SSSR count). The number of H-pyrrole nitrogens is 1. The summed E-state index contributed by atoms with van der Waals surface area (Å²) >= 11 is 0. The molecule has 250 valence electrons. The summed E-state index contributed by atoms with van der Waals surface area (Å²) in [6.07, 6.45) is -2.22. The normalized spacial score (nSPS) is 18.2. The Labute approximate surface area is 268 Å². The van der Waals surface area contributed by atoms with Gasteiger partial charge >= 0.3 is 6.18 Å². The maximum absolute atomic E-state index is 13.9. The first-order valence-electron chi connectivity index (χ1n) is 16.3. The standard InChI is InChI=1S/C35H45F3N4O4/c1-5-41(6-2)34(44)26-8-7-15-40(21-26)22-32(43)42-16-13-23(14-17-42)24-9-11-29-27(18-24)28(20-35(36,37)38)33(39-29)25-10-12-30(45-3)31(19-25)46-4/h9-12,18-19,23,26,39H,5-8,13-17,20-22H2,1-4H3. The number of carbonyl (C=O) groups excluding carboxylic acids is 2. The van der Waals surface area contributed by atoms with Gasteiger partial charge in [0.05, 0.1) is 38.8 Å². The smallest absolute Gasteiger partial charge is 0.393 e. The number of halogens is 3. The fourth-order valence-corrected chi connectivity index (χ4v) is 7.09. The third-order valence-electron chi connectivity index (χ3n) is 9.59. The van der Waals surface area contributed by atoms with E-state index >= 15 is 0 Å². The minimum absolute atomic E-state index is 0.0648. The van der Waals surface area contributed by atoms with Gasteiger partial charge < -0.3 is 24.3 Å². The Morgan fingerprint density at radius 3 is 2.33 bits per heavy atom. The van der Waals surface area contributed by atoms with Crippen LogP contribution in [0.1, 0.15) is 56.6 Å². The summed E-state index contributed by atoms with van der Waals surface area (Å²) in [4.78, 5) is 35.3. The van der Waals surface area contributed by atoms with E-state index in [4.69, 9.17) is 9.47 Å². The minimum Gasteiger partial charge on any atom is -0.493 e. The van der Waals surface area contributed by atoms with Crippen molar-refractivity contribution >= 4 is 22.7 Å². The quantitative estimate of drug-likeness (QED) is 0.283. The van der Waals surface area contributed by atoms with Gasteiger partial charge in [-0.05, 0) is 93.5 Å². The number of fused-ring (bicyclic) bond motifs is 1. The van der Waals surface area contributed by atoms with Crippen molar-refractivity contribution in [1.29, 1.82) is 0 Å². The maximum Gasteiger partial charge on any atom is 0.393 e. The molecule has 1 aromatic heterocycles. The zero-order valence-electron chi connectivity index (χ0n) is 27.2. The van der Waals surface area contributed by atoms with E-state index in [1.54, 1.807) is 18.2 Å². The van der Waals surface area contributed by atoms with Gasteiger partial charge in [-0.25, -0.2) is 0 Å². The molecule has 0 radical (unpaired) electrons. The summed E-state index contributed by atoms with van der Waals surface area (Å²) in [5.74, 6) is 1.26. The predicted octanol–water partition coefficient (Wildman–Crippen LogP) is 6.24. The molecular weight excluding hydrogens is 597 g/mol. The Morgan fingerprint density at radius 2 is 1.67 bits per heavy atom. The van der Waals surface area contributed by atoms with E-state index in [-0.39, 0.29) is 29.2 Å². The zero-order chi connectivity index (χ0) is 33.0. The van der Waals surface area contributed by atoms with Crippen LogP contribution in [-0.2, 0) is 16.0 Å². The van der Waals surface area contributed by atoms with E-state index in [1.165, 1.54) is 14.2 Å². The molecule has 11 heteroatoms. The first kappa shape index (κ1) is 33.6. The van der Waals surface area contributed by atoms with Crippen molar-refractivity contribution in [3.63, 3.8) is 0 Å². The number of amides is 2. The monoisotopic (exact) mass is 642 g/mol. The molecule has 1 atom stereocenters. The number of hydrogen-bond acceptors (Lipinski definition) is 5. The summed E-state index contributed by atoms with van der Waals surface area (Å²) in [7, 11) is 3.01. The zero-order valence-corrected chi connectivity index (χ0v) is 27.2. The number of nitrogens with zero attached hydrogens (tertiary/aromatic N) is 3. The van der Waals surface area contributed by atoms with E-state index in [0.717, 1.165) is 37.8 Å². The lowest BCUT2D eigenvalue weighted by Gasteiger charge is -2.37. The highest BCUT2D eigenvalue weighted by molar-refractivity contribution is 5.92. The fourth-order valence-electron chi connectivity index (χ4n) is 7.09. The number of aromatic nitrogens is 1. The highest BCUT2D eigenvalue weighted by atomic mass is 19.4. The summed E-state index contributed by atoms with van der Waals surface area (Å²) in [6.45, 7) is 8.29. The second kappa shape index (κ2) is 14.4. The van der Waals surface area contributed by atoms with Crippen LogP contribution in [-0.4, -0.2) is 97.7 Å². The predicted molar refractivity (Wildman–Crippen MR) is 172 cm³/mol. The van der Waals surface area contributed by atoms with Gasteiger partial charge in [-0.3, -0.25) is 14.5 Å². The number of hydrogen-bond donors (Lipinski definition) is 1. The first-order chi connectivity index (χ1) is 22.0. The highest BCUT2D eigenvalue weighted by Crippen LogP contribution is 2.40. The molecule has 3 heterocycles. The SMILES string of the molecule is CCN(CC)C(=O)C1CCCN(CC(=O)N2CCC(c3ccc4[nH]c(-c5ccc(OC)c(OC)c5)c(CC(F)(F)F)c4c3)CC2)C1. The van der Waals surface area contributed by atoms with Gasteiger partial charge in [0.1, 0.15) is 0 Å². The molecule has 1 unspecified atom stereocenters. The molecule has 2 saturated heterocycles. The first-order valence-corrected chi connectivity index (χ1v) is 16.3. The molecule has 2 fully saturated rings. The molecule has 0 spiro atoms. The molecule has 0 aliphatic carbocycles.